The van der Waals surface area contributed by atoms with Gasteiger partial charge < -0.3 is 14.5 Å². The lowest BCUT2D eigenvalue weighted by molar-refractivity contribution is 0.0400. The molecular formula is C21H24N2O2. The lowest BCUT2D eigenvalue weighted by Gasteiger charge is -2.41. The lowest BCUT2D eigenvalue weighted by Crippen LogP contribution is -2.51. The summed E-state index contributed by atoms with van der Waals surface area (Å²) >= 11 is 0. The highest BCUT2D eigenvalue weighted by Gasteiger charge is 2.34. The van der Waals surface area contributed by atoms with Crippen LogP contribution in [0.15, 0.2) is 48.5 Å². The average molecular weight is 336 g/mol. The largest absolute Gasteiger partial charge is 0.378 e. The topological polar surface area (TPSA) is 32.8 Å². The van der Waals surface area contributed by atoms with Gasteiger partial charge in [0.15, 0.2) is 0 Å². The molecule has 4 heteroatoms. The maximum absolute atomic E-state index is 13.2. The molecule has 0 bridgehead atoms. The van der Waals surface area contributed by atoms with Crippen LogP contribution in [0.5, 0.6) is 0 Å². The number of nitrogens with zero attached hydrogens (tertiary/aromatic N) is 2. The number of hydrogen-bond donors (Lipinski definition) is 0. The average Bonchev–Trinajstić information content (AvgIpc) is 2.67. The Morgan fingerprint density at radius 3 is 2.56 bits per heavy atom. The summed E-state index contributed by atoms with van der Waals surface area (Å²) in [4.78, 5) is 17.2. The van der Waals surface area contributed by atoms with E-state index in [0.29, 0.717) is 26.3 Å². The fourth-order valence-electron chi connectivity index (χ4n) is 3.89. The zero-order chi connectivity index (χ0) is 17.2. The Morgan fingerprint density at radius 1 is 1.04 bits per heavy atom. The van der Waals surface area contributed by atoms with Gasteiger partial charge in [0.25, 0.3) is 0 Å². The molecule has 1 unspecified atom stereocenters. The van der Waals surface area contributed by atoms with Crippen LogP contribution >= 0.6 is 0 Å². The van der Waals surface area contributed by atoms with Crippen LogP contribution in [-0.2, 0) is 11.2 Å². The number of carbonyl (C=O) groups is 1. The summed E-state index contributed by atoms with van der Waals surface area (Å²) in [5, 5.41) is 0. The van der Waals surface area contributed by atoms with Gasteiger partial charge in [-0.3, -0.25) is 0 Å². The van der Waals surface area contributed by atoms with Crippen molar-refractivity contribution in [2.75, 3.05) is 32.8 Å². The number of hydrogen-bond acceptors (Lipinski definition) is 2. The molecule has 0 N–H and O–H groups in total. The van der Waals surface area contributed by atoms with Crippen molar-refractivity contribution in [1.29, 1.82) is 0 Å². The summed E-state index contributed by atoms with van der Waals surface area (Å²) in [6, 6.07) is 17.1. The molecule has 1 fully saturated rings. The molecule has 0 aromatic heterocycles. The van der Waals surface area contributed by atoms with E-state index in [-0.39, 0.29) is 12.1 Å². The molecule has 0 spiro atoms. The van der Waals surface area contributed by atoms with E-state index in [9.17, 15) is 4.79 Å². The first kappa shape index (κ1) is 16.2. The Morgan fingerprint density at radius 2 is 1.80 bits per heavy atom. The van der Waals surface area contributed by atoms with E-state index in [1.54, 1.807) is 0 Å². The molecule has 2 aliphatic rings. The number of carbonyl (C=O) groups excluding carboxylic acids is 1. The fourth-order valence-corrected chi connectivity index (χ4v) is 3.89. The Balaban J connectivity index is 1.73. The number of urea groups is 1. The second kappa shape index (κ2) is 6.89. The Labute approximate surface area is 149 Å². The van der Waals surface area contributed by atoms with Crippen LogP contribution in [0.25, 0.3) is 0 Å². The van der Waals surface area contributed by atoms with Crippen molar-refractivity contribution >= 4 is 6.03 Å². The highest BCUT2D eigenvalue weighted by Crippen LogP contribution is 2.36. The molecule has 25 heavy (non-hydrogen) atoms. The van der Waals surface area contributed by atoms with E-state index in [0.717, 1.165) is 13.0 Å². The van der Waals surface area contributed by atoms with E-state index in [1.165, 1.54) is 22.3 Å². The normalized spacial score (nSPS) is 20.3. The minimum atomic E-state index is -0.0131. The van der Waals surface area contributed by atoms with E-state index in [4.69, 9.17) is 4.74 Å². The fraction of sp³-hybridized carbons (Fsp3) is 0.381. The van der Waals surface area contributed by atoms with Gasteiger partial charge in [0, 0.05) is 19.6 Å². The second-order valence-corrected chi connectivity index (χ2v) is 6.84. The Bertz CT molecular complexity index is 754. The standard InChI is InChI=1S/C21H24N2O2/c1-16-7-8-19-18(15-16)9-10-23(20(19)17-5-3-2-4-6-17)21(24)22-11-13-25-14-12-22/h2-8,15,20H,9-14H2,1H3. The monoisotopic (exact) mass is 336 g/mol. The summed E-state index contributed by atoms with van der Waals surface area (Å²) in [7, 11) is 0. The Kier molecular flexibility index (Phi) is 4.45. The lowest BCUT2D eigenvalue weighted by atomic mass is 9.87. The van der Waals surface area contributed by atoms with Crippen LogP contribution in [0.1, 0.15) is 28.3 Å². The van der Waals surface area contributed by atoms with Crippen LogP contribution in [0.4, 0.5) is 4.79 Å². The third-order valence-corrected chi connectivity index (χ3v) is 5.17. The van der Waals surface area contributed by atoms with Crippen molar-refractivity contribution in [2.45, 2.75) is 19.4 Å². The van der Waals surface area contributed by atoms with Gasteiger partial charge in [-0.25, -0.2) is 4.79 Å². The molecule has 2 heterocycles. The van der Waals surface area contributed by atoms with Gasteiger partial charge >= 0.3 is 6.03 Å². The number of morpholine rings is 1. The third kappa shape index (κ3) is 3.14. The number of ether oxygens (including phenoxy) is 1. The molecule has 0 radical (unpaired) electrons. The van der Waals surface area contributed by atoms with Crippen molar-refractivity contribution in [1.82, 2.24) is 9.80 Å². The first-order valence-corrected chi connectivity index (χ1v) is 9.02. The van der Waals surface area contributed by atoms with E-state index in [1.807, 2.05) is 15.9 Å². The maximum atomic E-state index is 13.2. The van der Waals surface area contributed by atoms with Gasteiger partial charge in [-0.15, -0.1) is 0 Å². The molecule has 4 rings (SSSR count). The molecule has 2 aromatic rings. The zero-order valence-electron chi connectivity index (χ0n) is 14.6. The van der Waals surface area contributed by atoms with E-state index in [2.05, 4.69) is 49.4 Å². The van der Waals surface area contributed by atoms with Crippen LogP contribution in [0.3, 0.4) is 0 Å². The van der Waals surface area contributed by atoms with Crippen molar-refractivity contribution in [3.8, 4) is 0 Å². The minimum Gasteiger partial charge on any atom is -0.378 e. The molecule has 2 aromatic carbocycles. The van der Waals surface area contributed by atoms with Crippen LogP contribution in [0.2, 0.25) is 0 Å². The predicted octanol–water partition coefficient (Wildman–Crippen LogP) is 3.39. The maximum Gasteiger partial charge on any atom is 0.320 e. The number of rotatable bonds is 1. The minimum absolute atomic E-state index is 0.0131. The number of amides is 2. The third-order valence-electron chi connectivity index (χ3n) is 5.17. The first-order valence-electron chi connectivity index (χ1n) is 9.02. The SMILES string of the molecule is Cc1ccc2c(c1)CCN(C(=O)N1CCOCC1)C2c1ccccc1. The van der Waals surface area contributed by atoms with Gasteiger partial charge in [0.05, 0.1) is 19.3 Å². The summed E-state index contributed by atoms with van der Waals surface area (Å²) in [6.45, 7) is 5.50. The van der Waals surface area contributed by atoms with Crippen molar-refractivity contribution in [2.24, 2.45) is 0 Å². The Hall–Kier alpha value is -2.33. The number of fused-ring (bicyclic) bond motifs is 1. The molecule has 0 aliphatic carbocycles. The van der Waals surface area contributed by atoms with Gasteiger partial charge in [-0.1, -0.05) is 54.1 Å². The van der Waals surface area contributed by atoms with Gasteiger partial charge in [-0.05, 0) is 30.0 Å². The number of benzene rings is 2. The van der Waals surface area contributed by atoms with E-state index >= 15 is 0 Å². The van der Waals surface area contributed by atoms with Crippen LogP contribution < -0.4 is 0 Å². The smallest absolute Gasteiger partial charge is 0.320 e. The molecule has 4 nitrogen and oxygen atoms in total. The summed E-state index contributed by atoms with van der Waals surface area (Å²) in [5.74, 6) is 0. The predicted molar refractivity (Wildman–Crippen MR) is 97.7 cm³/mol. The summed E-state index contributed by atoms with van der Waals surface area (Å²) in [6.07, 6.45) is 0.913. The molecular weight excluding hydrogens is 312 g/mol. The highest BCUT2D eigenvalue weighted by atomic mass is 16.5. The zero-order valence-corrected chi connectivity index (χ0v) is 14.6. The van der Waals surface area contributed by atoms with Gasteiger partial charge in [0.2, 0.25) is 0 Å². The molecule has 2 aliphatic heterocycles. The summed E-state index contributed by atoms with van der Waals surface area (Å²) < 4.78 is 5.41. The van der Waals surface area contributed by atoms with Gasteiger partial charge in [0.1, 0.15) is 0 Å². The molecule has 0 saturated carbocycles. The van der Waals surface area contributed by atoms with Crippen LogP contribution in [0, 0.1) is 6.92 Å². The molecule has 1 saturated heterocycles. The molecule has 1 atom stereocenters. The molecule has 2 amide bonds. The van der Waals surface area contributed by atoms with Crippen molar-refractivity contribution in [3.05, 3.63) is 70.8 Å². The van der Waals surface area contributed by atoms with E-state index < -0.39 is 0 Å². The first-order chi connectivity index (χ1) is 12.2. The quantitative estimate of drug-likeness (QED) is 0.800. The molecule has 130 valence electrons. The van der Waals surface area contributed by atoms with Crippen molar-refractivity contribution < 1.29 is 9.53 Å². The summed E-state index contributed by atoms with van der Waals surface area (Å²) in [5.41, 5.74) is 5.07. The van der Waals surface area contributed by atoms with Crippen molar-refractivity contribution in [3.63, 3.8) is 0 Å². The van der Waals surface area contributed by atoms with Gasteiger partial charge in [-0.2, -0.15) is 0 Å². The highest BCUT2D eigenvalue weighted by molar-refractivity contribution is 5.76. The van der Waals surface area contributed by atoms with Crippen LogP contribution in [-0.4, -0.2) is 48.7 Å². The number of aryl methyl sites for hydroxylation is 1. The second-order valence-electron chi connectivity index (χ2n) is 6.84.